The maximum absolute atomic E-state index is 9.93. The molecule has 24 heavy (non-hydrogen) atoms. The van der Waals surface area contributed by atoms with E-state index in [1.807, 2.05) is 36.4 Å². The number of rotatable bonds is 8. The van der Waals surface area contributed by atoms with Crippen molar-refractivity contribution in [3.05, 3.63) is 84.1 Å². The summed E-state index contributed by atoms with van der Waals surface area (Å²) in [5.74, 6) is 1.40. The maximum Gasteiger partial charge on any atom is 0.133 e. The van der Waals surface area contributed by atoms with Gasteiger partial charge < -0.3 is 19.6 Å². The van der Waals surface area contributed by atoms with Gasteiger partial charge in [-0.15, -0.1) is 0 Å². The fourth-order valence-electron chi connectivity index (χ4n) is 2.28. The summed E-state index contributed by atoms with van der Waals surface area (Å²) in [6.45, 7) is 1.63. The number of nitrogens with one attached hydrogen (secondary N) is 1. The predicted molar refractivity (Wildman–Crippen MR) is 90.4 cm³/mol. The largest absolute Gasteiger partial charge is 0.489 e. The molecule has 1 atom stereocenters. The van der Waals surface area contributed by atoms with Crippen LogP contribution in [0.3, 0.4) is 0 Å². The first kappa shape index (κ1) is 16.2. The van der Waals surface area contributed by atoms with E-state index < -0.39 is 6.10 Å². The monoisotopic (exact) mass is 324 g/mol. The Kier molecular flexibility index (Phi) is 5.61. The number of ether oxygens (including phenoxy) is 1. The van der Waals surface area contributed by atoms with Crippen LogP contribution in [0.4, 0.5) is 0 Å². The molecule has 1 unspecified atom stereocenters. The summed E-state index contributed by atoms with van der Waals surface area (Å²) in [5.41, 5.74) is 2.21. The van der Waals surface area contributed by atoms with Gasteiger partial charge in [0.2, 0.25) is 0 Å². The van der Waals surface area contributed by atoms with E-state index in [9.17, 15) is 5.11 Å². The molecule has 0 radical (unpaired) electrons. The van der Waals surface area contributed by atoms with Gasteiger partial charge in [0.1, 0.15) is 24.2 Å². The van der Waals surface area contributed by atoms with Crippen molar-refractivity contribution in [2.45, 2.75) is 19.3 Å². The Morgan fingerprint density at radius 3 is 2.54 bits per heavy atom. The Morgan fingerprint density at radius 1 is 1.04 bits per heavy atom. The molecule has 3 rings (SSSR count). The second kappa shape index (κ2) is 8.29. The van der Waals surface area contributed by atoms with Gasteiger partial charge in [0.25, 0.3) is 0 Å². The lowest BCUT2D eigenvalue weighted by molar-refractivity contribution is 0.147. The molecule has 5 heteroatoms. The van der Waals surface area contributed by atoms with Crippen molar-refractivity contribution in [1.29, 1.82) is 0 Å². The molecule has 0 spiro atoms. The smallest absolute Gasteiger partial charge is 0.133 e. The number of aliphatic hydroxyl groups is 1. The van der Waals surface area contributed by atoms with Gasteiger partial charge in [-0.05, 0) is 47.5 Å². The molecule has 124 valence electrons. The van der Waals surface area contributed by atoms with Crippen LogP contribution in [0.15, 0.2) is 71.6 Å². The Bertz CT molecular complexity index is 712. The second-order valence-corrected chi connectivity index (χ2v) is 5.45. The summed E-state index contributed by atoms with van der Waals surface area (Å²) in [5, 5.41) is 13.1. The van der Waals surface area contributed by atoms with Crippen LogP contribution in [0.2, 0.25) is 0 Å². The first-order valence-corrected chi connectivity index (χ1v) is 7.84. The number of aliphatic hydroxyl groups excluding tert-OH is 1. The number of hydrogen-bond acceptors (Lipinski definition) is 5. The lowest BCUT2D eigenvalue weighted by Crippen LogP contribution is -2.20. The molecule has 3 aromatic rings. The molecule has 0 bridgehead atoms. The number of furan rings is 1. The summed E-state index contributed by atoms with van der Waals surface area (Å²) < 4.78 is 10.9. The van der Waals surface area contributed by atoms with Crippen molar-refractivity contribution in [1.82, 2.24) is 10.3 Å². The van der Waals surface area contributed by atoms with E-state index in [-0.39, 0.29) is 0 Å². The molecule has 2 aromatic heterocycles. The van der Waals surface area contributed by atoms with Crippen LogP contribution in [0.1, 0.15) is 23.0 Å². The molecule has 2 N–H and O–H groups in total. The average molecular weight is 324 g/mol. The molecule has 0 aliphatic heterocycles. The summed E-state index contributed by atoms with van der Waals surface area (Å²) >= 11 is 0. The summed E-state index contributed by atoms with van der Waals surface area (Å²) in [6.07, 6.45) is 4.43. The minimum absolute atomic E-state index is 0.438. The second-order valence-electron chi connectivity index (χ2n) is 5.45. The molecule has 1 aromatic carbocycles. The zero-order chi connectivity index (χ0) is 16.6. The molecule has 0 aliphatic rings. The van der Waals surface area contributed by atoms with E-state index in [0.29, 0.717) is 25.5 Å². The van der Waals surface area contributed by atoms with E-state index in [4.69, 9.17) is 9.15 Å². The average Bonchev–Trinajstić information content (AvgIpc) is 3.17. The zero-order valence-corrected chi connectivity index (χ0v) is 13.3. The molecular formula is C19H20N2O3. The molecule has 5 nitrogen and oxygen atoms in total. The van der Waals surface area contributed by atoms with Gasteiger partial charge >= 0.3 is 0 Å². The van der Waals surface area contributed by atoms with Gasteiger partial charge in [0, 0.05) is 25.5 Å². The molecular weight excluding hydrogens is 304 g/mol. The van der Waals surface area contributed by atoms with Gasteiger partial charge in [-0.2, -0.15) is 0 Å². The Hall–Kier alpha value is -2.63. The van der Waals surface area contributed by atoms with Crippen molar-refractivity contribution in [3.63, 3.8) is 0 Å². The van der Waals surface area contributed by atoms with Gasteiger partial charge in [-0.1, -0.05) is 12.1 Å². The van der Waals surface area contributed by atoms with Crippen molar-refractivity contribution in [2.24, 2.45) is 0 Å². The third-order valence-corrected chi connectivity index (χ3v) is 3.62. The summed E-state index contributed by atoms with van der Waals surface area (Å²) in [7, 11) is 0. The summed E-state index contributed by atoms with van der Waals surface area (Å²) in [6, 6.07) is 15.3. The van der Waals surface area contributed by atoms with E-state index in [1.54, 1.807) is 30.8 Å². The van der Waals surface area contributed by atoms with Crippen molar-refractivity contribution < 1.29 is 14.3 Å². The van der Waals surface area contributed by atoms with Crippen molar-refractivity contribution in [3.8, 4) is 5.75 Å². The minimum atomic E-state index is -0.636. The van der Waals surface area contributed by atoms with E-state index >= 15 is 0 Å². The third kappa shape index (κ3) is 4.68. The zero-order valence-electron chi connectivity index (χ0n) is 13.3. The molecule has 2 heterocycles. The molecule has 0 aliphatic carbocycles. The first-order chi connectivity index (χ1) is 11.8. The van der Waals surface area contributed by atoms with Gasteiger partial charge in [-0.25, -0.2) is 0 Å². The van der Waals surface area contributed by atoms with Gasteiger partial charge in [0.15, 0.2) is 0 Å². The maximum atomic E-state index is 9.93. The van der Waals surface area contributed by atoms with Crippen LogP contribution >= 0.6 is 0 Å². The molecule has 0 saturated carbocycles. The first-order valence-electron chi connectivity index (χ1n) is 7.84. The van der Waals surface area contributed by atoms with E-state index in [1.165, 1.54) is 0 Å². The Labute approximate surface area is 140 Å². The minimum Gasteiger partial charge on any atom is -0.489 e. The van der Waals surface area contributed by atoms with Crippen LogP contribution in [0.5, 0.6) is 5.75 Å². The van der Waals surface area contributed by atoms with Gasteiger partial charge in [0.05, 0.1) is 6.26 Å². The Morgan fingerprint density at radius 2 is 1.83 bits per heavy atom. The van der Waals surface area contributed by atoms with E-state index in [0.717, 1.165) is 16.9 Å². The van der Waals surface area contributed by atoms with Crippen LogP contribution in [-0.2, 0) is 13.2 Å². The molecule has 0 amide bonds. The van der Waals surface area contributed by atoms with Crippen LogP contribution in [0.25, 0.3) is 0 Å². The van der Waals surface area contributed by atoms with Crippen LogP contribution in [-0.4, -0.2) is 16.6 Å². The lowest BCUT2D eigenvalue weighted by atomic mass is 10.2. The van der Waals surface area contributed by atoms with Crippen LogP contribution in [0, 0.1) is 0 Å². The molecule has 0 fully saturated rings. The SMILES string of the molecule is OC(CNCc1ccc(OCc2ccncc2)cc1)c1ccco1. The fraction of sp³-hybridized carbons (Fsp3) is 0.211. The number of aromatic nitrogens is 1. The number of nitrogens with zero attached hydrogens (tertiary/aromatic N) is 1. The van der Waals surface area contributed by atoms with Crippen molar-refractivity contribution in [2.75, 3.05) is 6.54 Å². The highest BCUT2D eigenvalue weighted by molar-refractivity contribution is 5.27. The highest BCUT2D eigenvalue weighted by Gasteiger charge is 2.09. The van der Waals surface area contributed by atoms with Gasteiger partial charge in [-0.3, -0.25) is 4.98 Å². The highest BCUT2D eigenvalue weighted by atomic mass is 16.5. The van der Waals surface area contributed by atoms with E-state index in [2.05, 4.69) is 10.3 Å². The summed E-state index contributed by atoms with van der Waals surface area (Å²) in [4.78, 5) is 3.98. The topological polar surface area (TPSA) is 67.5 Å². The fourth-order valence-corrected chi connectivity index (χ4v) is 2.28. The Balaban J connectivity index is 1.43. The van der Waals surface area contributed by atoms with Crippen LogP contribution < -0.4 is 10.1 Å². The lowest BCUT2D eigenvalue weighted by Gasteiger charge is -2.10. The number of benzene rings is 1. The number of hydrogen-bond donors (Lipinski definition) is 2. The third-order valence-electron chi connectivity index (χ3n) is 3.62. The highest BCUT2D eigenvalue weighted by Crippen LogP contribution is 2.15. The van der Waals surface area contributed by atoms with Crippen molar-refractivity contribution >= 4 is 0 Å². The normalized spacial score (nSPS) is 12.0. The number of pyridine rings is 1. The molecule has 0 saturated heterocycles. The quantitative estimate of drug-likeness (QED) is 0.666. The standard InChI is InChI=1S/C19H20N2O3/c22-18(19-2-1-11-23-19)13-21-12-15-3-5-17(6-4-15)24-14-16-7-9-20-10-8-16/h1-11,18,21-22H,12-14H2. The predicted octanol–water partition coefficient (Wildman–Crippen LogP) is 3.08.